The summed E-state index contributed by atoms with van der Waals surface area (Å²) < 4.78 is 18.7. The first-order chi connectivity index (χ1) is 13.9. The van der Waals surface area contributed by atoms with Gasteiger partial charge in [0.1, 0.15) is 17.3 Å². The number of halogens is 2. The number of carbonyl (C=O) groups is 2. The summed E-state index contributed by atoms with van der Waals surface area (Å²) in [6.07, 6.45) is 1.48. The van der Waals surface area contributed by atoms with Crippen molar-refractivity contribution in [3.63, 3.8) is 0 Å². The van der Waals surface area contributed by atoms with Crippen molar-refractivity contribution in [3.8, 4) is 0 Å². The molecule has 2 amide bonds. The molecule has 0 spiro atoms. The lowest BCUT2D eigenvalue weighted by Crippen LogP contribution is -2.31. The SMILES string of the molecule is Cc1cc(Cl)ccc1NC1=C(c2ccc(F)cc2)C(=O)N(Cc2ccco2)C1=O. The predicted octanol–water partition coefficient (Wildman–Crippen LogP) is 4.77. The summed E-state index contributed by atoms with van der Waals surface area (Å²) in [5.41, 5.74) is 2.20. The number of benzene rings is 2. The van der Waals surface area contributed by atoms with Crippen molar-refractivity contribution >= 4 is 34.7 Å². The fourth-order valence-corrected chi connectivity index (χ4v) is 3.41. The summed E-state index contributed by atoms with van der Waals surface area (Å²) in [5, 5.41) is 3.64. The summed E-state index contributed by atoms with van der Waals surface area (Å²) in [6.45, 7) is 1.84. The van der Waals surface area contributed by atoms with Gasteiger partial charge >= 0.3 is 0 Å². The van der Waals surface area contributed by atoms with Crippen LogP contribution < -0.4 is 5.32 Å². The smallest absolute Gasteiger partial charge is 0.278 e. The molecule has 1 N–H and O–H groups in total. The van der Waals surface area contributed by atoms with E-state index < -0.39 is 17.6 Å². The van der Waals surface area contributed by atoms with Crippen LogP contribution in [0, 0.1) is 12.7 Å². The Bertz CT molecular complexity index is 1120. The van der Waals surface area contributed by atoms with Gasteiger partial charge in [-0.25, -0.2) is 4.39 Å². The van der Waals surface area contributed by atoms with Crippen LogP contribution in [0.5, 0.6) is 0 Å². The van der Waals surface area contributed by atoms with Crippen LogP contribution in [0.25, 0.3) is 5.57 Å². The van der Waals surface area contributed by atoms with E-state index >= 15 is 0 Å². The Morgan fingerprint density at radius 1 is 1.07 bits per heavy atom. The molecule has 0 saturated carbocycles. The average molecular weight is 411 g/mol. The molecule has 0 unspecified atom stereocenters. The maximum Gasteiger partial charge on any atom is 0.278 e. The summed E-state index contributed by atoms with van der Waals surface area (Å²) in [5.74, 6) is -0.914. The molecule has 0 saturated heterocycles. The maximum absolute atomic E-state index is 13.4. The van der Waals surface area contributed by atoms with E-state index in [1.54, 1.807) is 30.3 Å². The fourth-order valence-electron chi connectivity index (χ4n) is 3.18. The van der Waals surface area contributed by atoms with E-state index in [1.807, 2.05) is 6.92 Å². The number of amides is 2. The van der Waals surface area contributed by atoms with Gasteiger partial charge in [0.25, 0.3) is 11.8 Å². The normalized spacial score (nSPS) is 14.1. The third-order valence-corrected chi connectivity index (χ3v) is 4.88. The summed E-state index contributed by atoms with van der Waals surface area (Å²) in [7, 11) is 0. The van der Waals surface area contributed by atoms with Crippen LogP contribution in [0.2, 0.25) is 5.02 Å². The highest BCUT2D eigenvalue weighted by Gasteiger charge is 2.39. The molecule has 0 aliphatic carbocycles. The lowest BCUT2D eigenvalue weighted by Gasteiger charge is -2.14. The molecular formula is C22H16ClFN2O3. The zero-order valence-electron chi connectivity index (χ0n) is 15.4. The molecule has 146 valence electrons. The van der Waals surface area contributed by atoms with Crippen molar-refractivity contribution in [2.75, 3.05) is 5.32 Å². The standard InChI is InChI=1S/C22H16ClFN2O3/c1-13-11-15(23)6-9-18(13)25-20-19(14-4-7-16(24)8-5-14)21(27)26(22(20)28)12-17-3-2-10-29-17/h2-11,25H,12H2,1H3. The molecule has 5 nitrogen and oxygen atoms in total. The largest absolute Gasteiger partial charge is 0.467 e. The second kappa shape index (κ2) is 7.56. The minimum absolute atomic E-state index is 0.000140. The van der Waals surface area contributed by atoms with Crippen molar-refractivity contribution in [2.45, 2.75) is 13.5 Å². The van der Waals surface area contributed by atoms with E-state index in [-0.39, 0.29) is 17.8 Å². The highest BCUT2D eigenvalue weighted by Crippen LogP contribution is 2.32. The minimum atomic E-state index is -0.486. The quantitative estimate of drug-likeness (QED) is 0.615. The third-order valence-electron chi connectivity index (χ3n) is 4.64. The number of hydrogen-bond donors (Lipinski definition) is 1. The van der Waals surface area contributed by atoms with Crippen LogP contribution in [-0.4, -0.2) is 16.7 Å². The number of carbonyl (C=O) groups excluding carboxylic acids is 2. The Labute approximate surface area is 171 Å². The van der Waals surface area contributed by atoms with Gasteiger partial charge in [0.15, 0.2) is 0 Å². The Kier molecular flexibility index (Phi) is 4.94. The molecule has 1 aliphatic heterocycles. The van der Waals surface area contributed by atoms with Gasteiger partial charge in [-0.1, -0.05) is 23.7 Å². The molecule has 0 radical (unpaired) electrons. The van der Waals surface area contributed by atoms with E-state index in [0.29, 0.717) is 22.0 Å². The number of hydrogen-bond acceptors (Lipinski definition) is 4. The molecule has 0 bridgehead atoms. The maximum atomic E-state index is 13.4. The zero-order valence-corrected chi connectivity index (χ0v) is 16.2. The molecule has 1 aromatic heterocycles. The molecule has 7 heteroatoms. The molecular weight excluding hydrogens is 395 g/mol. The predicted molar refractivity (Wildman–Crippen MR) is 107 cm³/mol. The van der Waals surface area contributed by atoms with Crippen molar-refractivity contribution < 1.29 is 18.4 Å². The summed E-state index contributed by atoms with van der Waals surface area (Å²) in [4.78, 5) is 27.3. The molecule has 29 heavy (non-hydrogen) atoms. The van der Waals surface area contributed by atoms with Crippen LogP contribution in [0.3, 0.4) is 0 Å². The first-order valence-electron chi connectivity index (χ1n) is 8.86. The second-order valence-corrected chi connectivity index (χ2v) is 7.05. The molecule has 0 atom stereocenters. The molecule has 1 aliphatic rings. The fraction of sp³-hybridized carbons (Fsp3) is 0.0909. The lowest BCUT2D eigenvalue weighted by molar-refractivity contribution is -0.137. The molecule has 3 aromatic rings. The van der Waals surface area contributed by atoms with Crippen molar-refractivity contribution in [1.29, 1.82) is 0 Å². The van der Waals surface area contributed by atoms with Gasteiger partial charge in [0.2, 0.25) is 0 Å². The Hall–Kier alpha value is -3.38. The van der Waals surface area contributed by atoms with Gasteiger partial charge in [0.05, 0.1) is 18.4 Å². The number of aryl methyl sites for hydroxylation is 1. The van der Waals surface area contributed by atoms with E-state index in [2.05, 4.69) is 5.32 Å². The molecule has 4 rings (SSSR count). The van der Waals surface area contributed by atoms with Gasteiger partial charge in [-0.15, -0.1) is 0 Å². The molecule has 2 heterocycles. The van der Waals surface area contributed by atoms with Crippen molar-refractivity contribution in [1.82, 2.24) is 4.90 Å². The molecule has 0 fully saturated rings. The second-order valence-electron chi connectivity index (χ2n) is 6.62. The third kappa shape index (κ3) is 3.67. The highest BCUT2D eigenvalue weighted by atomic mass is 35.5. The van der Waals surface area contributed by atoms with E-state index in [9.17, 15) is 14.0 Å². The Morgan fingerprint density at radius 2 is 1.83 bits per heavy atom. The Balaban J connectivity index is 1.77. The van der Waals surface area contributed by atoms with E-state index in [1.165, 1.54) is 30.5 Å². The van der Waals surface area contributed by atoms with Crippen molar-refractivity contribution in [3.05, 3.63) is 94.3 Å². The molecule has 2 aromatic carbocycles. The number of anilines is 1. The number of nitrogens with zero attached hydrogens (tertiary/aromatic N) is 1. The number of rotatable bonds is 5. The Morgan fingerprint density at radius 3 is 2.48 bits per heavy atom. The van der Waals surface area contributed by atoms with Gasteiger partial charge in [0, 0.05) is 10.7 Å². The van der Waals surface area contributed by atoms with E-state index in [4.69, 9.17) is 16.0 Å². The van der Waals surface area contributed by atoms with Gasteiger partial charge in [-0.05, 0) is 60.5 Å². The monoisotopic (exact) mass is 410 g/mol. The zero-order chi connectivity index (χ0) is 20.5. The average Bonchev–Trinajstić information content (AvgIpc) is 3.28. The van der Waals surface area contributed by atoms with E-state index in [0.717, 1.165) is 10.5 Å². The van der Waals surface area contributed by atoms with Crippen LogP contribution in [0.15, 0.2) is 71.0 Å². The first-order valence-corrected chi connectivity index (χ1v) is 9.24. The van der Waals surface area contributed by atoms with Gasteiger partial charge in [-0.3, -0.25) is 14.5 Å². The number of nitrogens with one attached hydrogen (secondary N) is 1. The minimum Gasteiger partial charge on any atom is -0.467 e. The van der Waals surface area contributed by atoms with Crippen LogP contribution in [-0.2, 0) is 16.1 Å². The summed E-state index contributed by atoms with van der Waals surface area (Å²) in [6, 6.07) is 14.0. The summed E-state index contributed by atoms with van der Waals surface area (Å²) >= 11 is 6.01. The van der Waals surface area contributed by atoms with Gasteiger partial charge < -0.3 is 9.73 Å². The highest BCUT2D eigenvalue weighted by molar-refractivity contribution is 6.36. The van der Waals surface area contributed by atoms with Crippen molar-refractivity contribution in [2.24, 2.45) is 0 Å². The number of furan rings is 1. The van der Waals surface area contributed by atoms with Gasteiger partial charge in [-0.2, -0.15) is 0 Å². The lowest BCUT2D eigenvalue weighted by atomic mass is 10.0. The van der Waals surface area contributed by atoms with Crippen LogP contribution >= 0.6 is 11.6 Å². The first kappa shape index (κ1) is 19.0. The van der Waals surface area contributed by atoms with Crippen LogP contribution in [0.4, 0.5) is 10.1 Å². The van der Waals surface area contributed by atoms with Crippen LogP contribution in [0.1, 0.15) is 16.9 Å². The topological polar surface area (TPSA) is 62.6 Å². The number of imide groups is 1.